The minimum Gasteiger partial charge on any atom is -0.329 e. The minimum absolute atomic E-state index is 0.571. The predicted octanol–water partition coefficient (Wildman–Crippen LogP) is 1.73. The Morgan fingerprint density at radius 1 is 1.25 bits per heavy atom. The van der Waals surface area contributed by atoms with Crippen molar-refractivity contribution in [2.24, 2.45) is 0 Å². The third-order valence-corrected chi connectivity index (χ3v) is 3.82. The first-order valence-electron chi connectivity index (χ1n) is 7.31. The molecule has 1 aliphatic heterocycles. The van der Waals surface area contributed by atoms with Crippen molar-refractivity contribution in [2.75, 3.05) is 19.6 Å². The summed E-state index contributed by atoms with van der Waals surface area (Å²) >= 11 is 0. The minimum atomic E-state index is 0.571. The molecule has 0 amide bonds. The Morgan fingerprint density at radius 3 is 2.90 bits per heavy atom. The molecule has 1 saturated heterocycles. The lowest BCUT2D eigenvalue weighted by Crippen LogP contribution is -2.48. The van der Waals surface area contributed by atoms with Crippen LogP contribution in [-0.4, -0.2) is 40.1 Å². The van der Waals surface area contributed by atoms with Gasteiger partial charge in [-0.25, -0.2) is 4.98 Å². The maximum Gasteiger partial charge on any atom is 0.123 e. The average molecular weight is 270 g/mol. The van der Waals surface area contributed by atoms with E-state index in [1.54, 1.807) is 0 Å². The monoisotopic (exact) mass is 270 g/mol. The molecular formula is C16H22N4. The van der Waals surface area contributed by atoms with Gasteiger partial charge >= 0.3 is 0 Å². The van der Waals surface area contributed by atoms with Crippen molar-refractivity contribution < 1.29 is 0 Å². The van der Waals surface area contributed by atoms with Gasteiger partial charge in [0.25, 0.3) is 0 Å². The van der Waals surface area contributed by atoms with Crippen LogP contribution in [0.2, 0.25) is 0 Å². The van der Waals surface area contributed by atoms with Crippen LogP contribution in [0, 0.1) is 0 Å². The molecule has 1 atom stereocenters. The van der Waals surface area contributed by atoms with Gasteiger partial charge < -0.3 is 9.88 Å². The van der Waals surface area contributed by atoms with Crippen LogP contribution in [0.3, 0.4) is 0 Å². The van der Waals surface area contributed by atoms with Crippen molar-refractivity contribution in [3.05, 3.63) is 54.1 Å². The second-order valence-corrected chi connectivity index (χ2v) is 5.55. The quantitative estimate of drug-likeness (QED) is 0.918. The Bertz CT molecular complexity index is 534. The van der Waals surface area contributed by atoms with Gasteiger partial charge in [-0.15, -0.1) is 0 Å². The number of imidazole rings is 1. The van der Waals surface area contributed by atoms with Gasteiger partial charge in [-0.3, -0.25) is 4.90 Å². The van der Waals surface area contributed by atoms with Gasteiger partial charge in [0.15, 0.2) is 0 Å². The highest BCUT2D eigenvalue weighted by Crippen LogP contribution is 2.09. The highest BCUT2D eigenvalue weighted by Gasteiger charge is 2.17. The molecule has 1 N–H and O–H groups in total. The fourth-order valence-corrected chi connectivity index (χ4v) is 2.77. The van der Waals surface area contributed by atoms with E-state index >= 15 is 0 Å². The van der Waals surface area contributed by atoms with Crippen molar-refractivity contribution in [2.45, 2.75) is 26.1 Å². The van der Waals surface area contributed by atoms with E-state index in [2.05, 4.69) is 63.2 Å². The van der Waals surface area contributed by atoms with E-state index in [4.69, 9.17) is 0 Å². The largest absolute Gasteiger partial charge is 0.329 e. The number of hydrogen-bond acceptors (Lipinski definition) is 3. The highest BCUT2D eigenvalue weighted by atomic mass is 15.2. The number of hydrogen-bond donors (Lipinski definition) is 1. The molecule has 1 aromatic heterocycles. The molecule has 0 saturated carbocycles. The normalized spacial score (nSPS) is 20.1. The molecule has 4 heteroatoms. The molecule has 1 aliphatic rings. The van der Waals surface area contributed by atoms with Crippen LogP contribution in [0.1, 0.15) is 18.3 Å². The number of rotatable bonds is 4. The number of benzene rings is 1. The smallest absolute Gasteiger partial charge is 0.123 e. The fourth-order valence-electron chi connectivity index (χ4n) is 2.77. The number of piperazine rings is 1. The Kier molecular flexibility index (Phi) is 4.14. The van der Waals surface area contributed by atoms with Crippen LogP contribution in [0.4, 0.5) is 0 Å². The lowest BCUT2D eigenvalue weighted by Gasteiger charge is -2.31. The van der Waals surface area contributed by atoms with E-state index in [1.807, 2.05) is 6.20 Å². The van der Waals surface area contributed by atoms with Crippen LogP contribution in [0.15, 0.2) is 42.7 Å². The lowest BCUT2D eigenvalue weighted by molar-refractivity contribution is 0.193. The zero-order valence-corrected chi connectivity index (χ0v) is 12.0. The van der Waals surface area contributed by atoms with E-state index in [-0.39, 0.29) is 0 Å². The third kappa shape index (κ3) is 3.26. The second-order valence-electron chi connectivity index (χ2n) is 5.55. The Balaban J connectivity index is 1.67. The molecule has 1 fully saturated rings. The summed E-state index contributed by atoms with van der Waals surface area (Å²) in [5, 5.41) is 3.48. The first-order valence-corrected chi connectivity index (χ1v) is 7.31. The van der Waals surface area contributed by atoms with Gasteiger partial charge in [0.05, 0.1) is 6.54 Å². The molecule has 2 heterocycles. The molecule has 0 radical (unpaired) electrons. The van der Waals surface area contributed by atoms with Crippen LogP contribution in [-0.2, 0) is 13.1 Å². The number of nitrogens with one attached hydrogen (secondary N) is 1. The molecule has 106 valence electrons. The average Bonchev–Trinajstić information content (AvgIpc) is 2.87. The van der Waals surface area contributed by atoms with Crippen molar-refractivity contribution in [3.63, 3.8) is 0 Å². The third-order valence-electron chi connectivity index (χ3n) is 3.82. The summed E-state index contributed by atoms with van der Waals surface area (Å²) in [4.78, 5) is 7.01. The van der Waals surface area contributed by atoms with Gasteiger partial charge in [-0.2, -0.15) is 0 Å². The van der Waals surface area contributed by atoms with Gasteiger partial charge in [-0.1, -0.05) is 30.3 Å². The van der Waals surface area contributed by atoms with E-state index in [9.17, 15) is 0 Å². The van der Waals surface area contributed by atoms with Crippen molar-refractivity contribution in [3.8, 4) is 0 Å². The van der Waals surface area contributed by atoms with Crippen molar-refractivity contribution >= 4 is 0 Å². The summed E-state index contributed by atoms with van der Waals surface area (Å²) < 4.78 is 2.25. The summed E-state index contributed by atoms with van der Waals surface area (Å²) in [6.45, 7) is 7.34. The molecular weight excluding hydrogens is 248 g/mol. The SMILES string of the molecule is CC1CN(Cc2nccn2Cc2ccccc2)CCN1. The first kappa shape index (κ1) is 13.3. The van der Waals surface area contributed by atoms with Crippen molar-refractivity contribution in [1.29, 1.82) is 0 Å². The Labute approximate surface area is 120 Å². The highest BCUT2D eigenvalue weighted by molar-refractivity contribution is 5.15. The van der Waals surface area contributed by atoms with E-state index < -0.39 is 0 Å². The summed E-state index contributed by atoms with van der Waals surface area (Å²) in [7, 11) is 0. The maximum atomic E-state index is 4.53. The second kappa shape index (κ2) is 6.20. The zero-order valence-electron chi connectivity index (χ0n) is 12.0. The van der Waals surface area contributed by atoms with Crippen LogP contribution < -0.4 is 5.32 Å². The predicted molar refractivity (Wildman–Crippen MR) is 80.5 cm³/mol. The standard InChI is InChI=1S/C16H22N4/c1-14-11-19(9-7-17-14)13-16-18-8-10-20(16)12-15-5-3-2-4-6-15/h2-6,8,10,14,17H,7,9,11-13H2,1H3. The van der Waals surface area contributed by atoms with Crippen molar-refractivity contribution in [1.82, 2.24) is 19.8 Å². The molecule has 3 rings (SSSR count). The molecule has 2 aromatic rings. The molecule has 0 spiro atoms. The Hall–Kier alpha value is -1.65. The molecule has 0 bridgehead atoms. The molecule has 1 aromatic carbocycles. The molecule has 1 unspecified atom stereocenters. The van der Waals surface area contributed by atoms with Gasteiger partial charge in [-0.05, 0) is 12.5 Å². The maximum absolute atomic E-state index is 4.53. The summed E-state index contributed by atoms with van der Waals surface area (Å²) in [5.74, 6) is 1.16. The number of aromatic nitrogens is 2. The summed E-state index contributed by atoms with van der Waals surface area (Å²) in [6, 6.07) is 11.1. The Morgan fingerprint density at radius 2 is 2.10 bits per heavy atom. The molecule has 0 aliphatic carbocycles. The topological polar surface area (TPSA) is 33.1 Å². The van der Waals surface area contributed by atoms with Crippen LogP contribution >= 0.6 is 0 Å². The summed E-state index contributed by atoms with van der Waals surface area (Å²) in [6.07, 6.45) is 3.98. The number of nitrogens with zero attached hydrogens (tertiary/aromatic N) is 3. The molecule has 4 nitrogen and oxygen atoms in total. The zero-order chi connectivity index (χ0) is 13.8. The summed E-state index contributed by atoms with van der Waals surface area (Å²) in [5.41, 5.74) is 1.32. The molecule has 20 heavy (non-hydrogen) atoms. The van der Waals surface area contributed by atoms with Gasteiger partial charge in [0.2, 0.25) is 0 Å². The van der Waals surface area contributed by atoms with Crippen LogP contribution in [0.25, 0.3) is 0 Å². The van der Waals surface area contributed by atoms with Crippen LogP contribution in [0.5, 0.6) is 0 Å². The van der Waals surface area contributed by atoms with Gasteiger partial charge in [0, 0.05) is 44.6 Å². The fraction of sp³-hybridized carbons (Fsp3) is 0.438. The van der Waals surface area contributed by atoms with E-state index in [1.165, 1.54) is 5.56 Å². The van der Waals surface area contributed by atoms with E-state index in [0.717, 1.165) is 38.5 Å². The first-order chi connectivity index (χ1) is 9.81. The lowest BCUT2D eigenvalue weighted by atomic mass is 10.2. The van der Waals surface area contributed by atoms with E-state index in [0.29, 0.717) is 6.04 Å². The van der Waals surface area contributed by atoms with Gasteiger partial charge in [0.1, 0.15) is 5.82 Å².